The van der Waals surface area contributed by atoms with Gasteiger partial charge in [-0.1, -0.05) is 0 Å². The van der Waals surface area contributed by atoms with Crippen molar-refractivity contribution in [1.82, 2.24) is 23.9 Å². The zero-order chi connectivity index (χ0) is 30.1. The van der Waals surface area contributed by atoms with E-state index in [2.05, 4.69) is 19.7 Å². The molecule has 1 aliphatic heterocycles. The molecule has 4 aromatic rings. The number of carboxylic acids is 2. The number of anilines is 2. The van der Waals surface area contributed by atoms with Crippen molar-refractivity contribution in [1.29, 1.82) is 0 Å². The number of aryl methyl sites for hydroxylation is 1. The van der Waals surface area contributed by atoms with Gasteiger partial charge in [0.15, 0.2) is 5.65 Å². The molecule has 0 atom stereocenters. The number of rotatable bonds is 7. The molecular formula is C27H27N7O7S. The van der Waals surface area contributed by atoms with E-state index < -0.39 is 17.4 Å². The first-order valence-electron chi connectivity index (χ1n) is 12.9. The number of pyridine rings is 3. The van der Waals surface area contributed by atoms with Crippen molar-refractivity contribution in [3.05, 3.63) is 57.8 Å². The maximum atomic E-state index is 13.1. The normalized spacial score (nSPS) is 14.5. The highest BCUT2D eigenvalue weighted by Crippen LogP contribution is 2.39. The predicted octanol–water partition coefficient (Wildman–Crippen LogP) is 2.69. The first kappa shape index (κ1) is 28.6. The molecule has 1 amide bonds. The molecule has 3 N–H and O–H groups in total. The van der Waals surface area contributed by atoms with Gasteiger partial charge in [0.05, 0.1) is 24.6 Å². The van der Waals surface area contributed by atoms with Crippen molar-refractivity contribution in [2.45, 2.75) is 32.6 Å². The van der Waals surface area contributed by atoms with Crippen LogP contribution in [0.4, 0.5) is 11.6 Å². The van der Waals surface area contributed by atoms with E-state index in [-0.39, 0.29) is 22.8 Å². The van der Waals surface area contributed by atoms with Crippen LogP contribution in [-0.4, -0.2) is 72.2 Å². The van der Waals surface area contributed by atoms with Crippen molar-refractivity contribution in [2.75, 3.05) is 30.4 Å². The van der Waals surface area contributed by atoms with Crippen LogP contribution in [0.2, 0.25) is 0 Å². The Bertz CT molecular complexity index is 1740. The number of carbonyl (C=O) groups is 3. The van der Waals surface area contributed by atoms with Gasteiger partial charge in [-0.25, -0.2) is 19.7 Å². The quantitative estimate of drug-likeness (QED) is 0.284. The number of aromatic carboxylic acids is 1. The number of nitrogens with one attached hydrogen (secondary N) is 1. The van der Waals surface area contributed by atoms with Gasteiger partial charge in [0.1, 0.15) is 28.8 Å². The Morgan fingerprint density at radius 3 is 2.45 bits per heavy atom. The fraction of sp³-hybridized carbons (Fsp3) is 0.333. The van der Waals surface area contributed by atoms with E-state index in [9.17, 15) is 19.5 Å². The van der Waals surface area contributed by atoms with E-state index in [1.807, 2.05) is 4.90 Å². The Kier molecular flexibility index (Phi) is 7.85. The van der Waals surface area contributed by atoms with Crippen LogP contribution in [0.3, 0.4) is 0 Å². The van der Waals surface area contributed by atoms with Gasteiger partial charge < -0.3 is 25.2 Å². The van der Waals surface area contributed by atoms with Gasteiger partial charge in [0.2, 0.25) is 16.5 Å². The molecule has 0 unspecified atom stereocenters. The van der Waals surface area contributed by atoms with Crippen LogP contribution in [0.15, 0.2) is 35.4 Å². The fourth-order valence-corrected chi connectivity index (χ4v) is 5.13. The Morgan fingerprint density at radius 1 is 1.14 bits per heavy atom. The molecule has 1 aliphatic carbocycles. The Balaban J connectivity index is 0.000000830. The molecule has 5 heterocycles. The van der Waals surface area contributed by atoms with Gasteiger partial charge in [-0.05, 0) is 43.5 Å². The average Bonchev–Trinajstić information content (AvgIpc) is 3.64. The summed E-state index contributed by atoms with van der Waals surface area (Å²) in [7, 11) is 1.55. The van der Waals surface area contributed by atoms with Crippen molar-refractivity contribution in [3.63, 3.8) is 0 Å². The highest BCUT2D eigenvalue weighted by atomic mass is 32.1. The van der Waals surface area contributed by atoms with Crippen LogP contribution < -0.4 is 20.4 Å². The Hall–Kier alpha value is -4.92. The smallest absolute Gasteiger partial charge is 0.341 e. The molecule has 0 aromatic carbocycles. The molecule has 4 aromatic heterocycles. The van der Waals surface area contributed by atoms with Gasteiger partial charge in [-0.15, -0.1) is 0 Å². The lowest BCUT2D eigenvalue weighted by Gasteiger charge is -2.39. The second-order valence-corrected chi connectivity index (χ2v) is 10.7. The van der Waals surface area contributed by atoms with E-state index in [1.165, 1.54) is 12.4 Å². The number of carboxylic acid groups (broad SMARTS) is 2. The van der Waals surface area contributed by atoms with Crippen LogP contribution in [0.25, 0.3) is 16.2 Å². The lowest BCUT2D eigenvalue weighted by atomic mass is 9.98. The summed E-state index contributed by atoms with van der Waals surface area (Å²) in [5, 5.41) is 20.6. The molecule has 42 heavy (non-hydrogen) atoms. The number of aliphatic carboxylic acids is 1. The second-order valence-electron chi connectivity index (χ2n) is 9.95. The summed E-state index contributed by atoms with van der Waals surface area (Å²) in [6.45, 7) is 3.70. The molecule has 218 valence electrons. The van der Waals surface area contributed by atoms with Gasteiger partial charge in [-0.2, -0.15) is 4.37 Å². The van der Waals surface area contributed by atoms with E-state index >= 15 is 0 Å². The highest BCUT2D eigenvalue weighted by Gasteiger charge is 2.35. The number of methoxy groups -OCH3 is 1. The van der Waals surface area contributed by atoms with Crippen molar-refractivity contribution in [3.8, 4) is 10.9 Å². The second kappa shape index (κ2) is 11.5. The topological polar surface area (TPSA) is 190 Å². The Labute approximate surface area is 242 Å². The van der Waals surface area contributed by atoms with Crippen molar-refractivity contribution < 1.29 is 29.3 Å². The number of hydrogen-bond acceptors (Lipinski definition) is 11. The first-order chi connectivity index (χ1) is 20.0. The molecule has 0 radical (unpaired) electrons. The summed E-state index contributed by atoms with van der Waals surface area (Å²) in [5.41, 5.74) is -0.0517. The molecule has 2 fully saturated rings. The highest BCUT2D eigenvalue weighted by molar-refractivity contribution is 7.08. The number of nitrogens with zero attached hydrogens (tertiary/aromatic N) is 6. The summed E-state index contributed by atoms with van der Waals surface area (Å²) in [4.78, 5) is 62.1. The summed E-state index contributed by atoms with van der Waals surface area (Å²) in [6.07, 6.45) is 4.86. The number of aromatic nitrogens is 5. The predicted molar refractivity (Wildman–Crippen MR) is 153 cm³/mol. The van der Waals surface area contributed by atoms with Crippen LogP contribution >= 0.6 is 11.5 Å². The first-order valence-corrected chi connectivity index (χ1v) is 13.7. The molecule has 15 heteroatoms. The maximum absolute atomic E-state index is 13.1. The standard InChI is InChI=1S/C25H23N7O5S.C2H4O2/c1-12-7-18(31-9-14(10-31)23(34)27-17-6-5-15(37-2)8-26-17)28-22-19(12)20(33)16(24(35)36)11-32(22)25-29-21(30-38-25)13-3-4-13;1-2(3)4/h5-8,11,13-14H,3-4,9-10H2,1-2H3,(H,35,36)(H,26,27,34);1H3,(H,3,4). The minimum Gasteiger partial charge on any atom is -0.495 e. The third kappa shape index (κ3) is 5.90. The molecule has 1 saturated heterocycles. The zero-order valence-electron chi connectivity index (χ0n) is 22.9. The molecule has 1 saturated carbocycles. The summed E-state index contributed by atoms with van der Waals surface area (Å²) < 4.78 is 11.1. The van der Waals surface area contributed by atoms with E-state index in [0.29, 0.717) is 52.7 Å². The van der Waals surface area contributed by atoms with E-state index in [4.69, 9.17) is 19.6 Å². The Morgan fingerprint density at radius 2 is 1.86 bits per heavy atom. The van der Waals surface area contributed by atoms with Crippen LogP contribution in [0, 0.1) is 12.8 Å². The monoisotopic (exact) mass is 593 g/mol. The maximum Gasteiger partial charge on any atom is 0.341 e. The summed E-state index contributed by atoms with van der Waals surface area (Å²) in [5.74, 6) is 0.112. The lowest BCUT2D eigenvalue weighted by molar-refractivity contribution is -0.134. The average molecular weight is 594 g/mol. The van der Waals surface area contributed by atoms with E-state index in [0.717, 1.165) is 37.1 Å². The van der Waals surface area contributed by atoms with Crippen LogP contribution in [-0.2, 0) is 9.59 Å². The van der Waals surface area contributed by atoms with Crippen molar-refractivity contribution in [2.24, 2.45) is 5.92 Å². The third-order valence-corrected chi connectivity index (χ3v) is 7.48. The SMILES string of the molecule is CC(=O)O.COc1ccc(NC(=O)C2CN(c3cc(C)c4c(=O)c(C(=O)O)cn(-c5nc(C6CC6)ns5)c4n3)C2)nc1. The van der Waals surface area contributed by atoms with Crippen molar-refractivity contribution >= 4 is 52.0 Å². The summed E-state index contributed by atoms with van der Waals surface area (Å²) in [6, 6.07) is 5.14. The molecule has 6 rings (SSSR count). The summed E-state index contributed by atoms with van der Waals surface area (Å²) >= 11 is 1.15. The van der Waals surface area contributed by atoms with Gasteiger partial charge in [0.25, 0.3) is 5.97 Å². The van der Waals surface area contributed by atoms with Crippen LogP contribution in [0.5, 0.6) is 5.75 Å². The zero-order valence-corrected chi connectivity index (χ0v) is 23.7. The molecule has 0 spiro atoms. The van der Waals surface area contributed by atoms with Gasteiger partial charge in [-0.3, -0.25) is 19.0 Å². The minimum atomic E-state index is -1.32. The number of carbonyl (C=O) groups excluding carboxylic acids is 1. The lowest BCUT2D eigenvalue weighted by Crippen LogP contribution is -2.52. The largest absolute Gasteiger partial charge is 0.495 e. The number of amides is 1. The molecule has 2 aliphatic rings. The third-order valence-electron chi connectivity index (χ3n) is 6.75. The van der Waals surface area contributed by atoms with Gasteiger partial charge in [0, 0.05) is 43.7 Å². The molecule has 0 bridgehead atoms. The van der Waals surface area contributed by atoms with Crippen LogP contribution in [0.1, 0.15) is 47.4 Å². The van der Waals surface area contributed by atoms with Gasteiger partial charge >= 0.3 is 5.97 Å². The fourth-order valence-electron chi connectivity index (χ4n) is 4.40. The molecular weight excluding hydrogens is 566 g/mol. The number of hydrogen-bond donors (Lipinski definition) is 3. The number of fused-ring (bicyclic) bond motifs is 1. The molecule has 14 nitrogen and oxygen atoms in total. The number of ether oxygens (including phenoxy) is 1. The van der Waals surface area contributed by atoms with E-state index in [1.54, 1.807) is 36.8 Å². The minimum absolute atomic E-state index is 0.152.